The molecule has 2 rings (SSSR count). The fourth-order valence-corrected chi connectivity index (χ4v) is 3.28. The van der Waals surface area contributed by atoms with Crippen LogP contribution in [-0.2, 0) is 4.79 Å². The van der Waals surface area contributed by atoms with Crippen LogP contribution in [0.2, 0.25) is 0 Å². The van der Waals surface area contributed by atoms with E-state index >= 15 is 0 Å². The second-order valence-corrected chi connectivity index (χ2v) is 5.72. The van der Waals surface area contributed by atoms with E-state index in [0.29, 0.717) is 11.5 Å². The molecular formula is C14H19NO3S. The van der Waals surface area contributed by atoms with Gasteiger partial charge in [-0.05, 0) is 30.7 Å². The first-order chi connectivity index (χ1) is 9.24. The number of carbonyl (C=O) groups is 1. The van der Waals surface area contributed by atoms with Gasteiger partial charge in [-0.1, -0.05) is 6.42 Å². The lowest BCUT2D eigenvalue weighted by molar-refractivity contribution is -0.115. The van der Waals surface area contributed by atoms with Gasteiger partial charge in [0, 0.05) is 11.8 Å². The summed E-state index contributed by atoms with van der Waals surface area (Å²) in [6.07, 6.45) is 3.31. The van der Waals surface area contributed by atoms with Crippen molar-refractivity contribution in [2.75, 3.05) is 25.3 Å². The van der Waals surface area contributed by atoms with Crippen LogP contribution in [0.4, 0.5) is 5.69 Å². The van der Waals surface area contributed by atoms with E-state index in [1.54, 1.807) is 38.1 Å². The van der Waals surface area contributed by atoms with Crippen molar-refractivity contribution in [3.05, 3.63) is 18.2 Å². The smallest absolute Gasteiger partial charge is 0.237 e. The third-order valence-corrected chi connectivity index (χ3v) is 4.50. The molecule has 1 N–H and O–H groups in total. The quantitative estimate of drug-likeness (QED) is 0.922. The van der Waals surface area contributed by atoms with Crippen molar-refractivity contribution in [1.82, 2.24) is 0 Å². The lowest BCUT2D eigenvalue weighted by Gasteiger charge is -2.20. The molecule has 1 heterocycles. The van der Waals surface area contributed by atoms with Crippen LogP contribution in [0.5, 0.6) is 11.5 Å². The zero-order valence-electron chi connectivity index (χ0n) is 11.3. The fraction of sp³-hybridized carbons (Fsp3) is 0.500. The maximum absolute atomic E-state index is 12.1. The summed E-state index contributed by atoms with van der Waals surface area (Å²) in [6, 6.07) is 5.40. The molecule has 0 aromatic heterocycles. The Labute approximate surface area is 117 Å². The molecule has 19 heavy (non-hydrogen) atoms. The van der Waals surface area contributed by atoms with E-state index in [1.807, 2.05) is 6.07 Å². The van der Waals surface area contributed by atoms with Crippen LogP contribution in [0.25, 0.3) is 0 Å². The number of thioether (sulfide) groups is 1. The molecule has 104 valence electrons. The number of benzene rings is 1. The molecule has 0 saturated carbocycles. The maximum atomic E-state index is 12.1. The lowest BCUT2D eigenvalue weighted by atomic mass is 10.1. The fourth-order valence-electron chi connectivity index (χ4n) is 2.08. The summed E-state index contributed by atoms with van der Waals surface area (Å²) in [5.74, 6) is 2.44. The Morgan fingerprint density at radius 3 is 2.68 bits per heavy atom. The summed E-state index contributed by atoms with van der Waals surface area (Å²) >= 11 is 1.74. The molecule has 1 aromatic carbocycles. The molecule has 1 aliphatic heterocycles. The minimum Gasteiger partial charge on any atom is -0.493 e. The first-order valence-corrected chi connectivity index (χ1v) is 7.44. The van der Waals surface area contributed by atoms with E-state index < -0.39 is 0 Å². The SMILES string of the molecule is COc1ccc(NC(=O)C2CCCCS2)cc1OC. The minimum absolute atomic E-state index is 0.0712. The van der Waals surface area contributed by atoms with Crippen LogP contribution in [0.3, 0.4) is 0 Å². The lowest BCUT2D eigenvalue weighted by Crippen LogP contribution is -2.27. The Bertz CT molecular complexity index is 444. The molecule has 4 nitrogen and oxygen atoms in total. The molecule has 1 atom stereocenters. The molecule has 1 aromatic rings. The van der Waals surface area contributed by atoms with E-state index in [4.69, 9.17) is 9.47 Å². The molecule has 1 amide bonds. The zero-order valence-corrected chi connectivity index (χ0v) is 12.1. The summed E-state index contributed by atoms with van der Waals surface area (Å²) in [6.45, 7) is 0. The number of methoxy groups -OCH3 is 2. The summed E-state index contributed by atoms with van der Waals surface area (Å²) < 4.78 is 10.4. The van der Waals surface area contributed by atoms with Gasteiger partial charge in [-0.15, -0.1) is 11.8 Å². The van der Waals surface area contributed by atoms with E-state index in [0.717, 1.165) is 24.3 Å². The van der Waals surface area contributed by atoms with E-state index in [1.165, 1.54) is 6.42 Å². The monoisotopic (exact) mass is 281 g/mol. The van der Waals surface area contributed by atoms with Gasteiger partial charge in [-0.2, -0.15) is 0 Å². The molecule has 1 saturated heterocycles. The second-order valence-electron chi connectivity index (χ2n) is 4.41. The first-order valence-electron chi connectivity index (χ1n) is 6.39. The van der Waals surface area contributed by atoms with Gasteiger partial charge >= 0.3 is 0 Å². The van der Waals surface area contributed by atoms with Crippen LogP contribution in [-0.4, -0.2) is 31.1 Å². The summed E-state index contributed by atoms with van der Waals surface area (Å²) in [7, 11) is 3.18. The number of rotatable bonds is 4. The zero-order chi connectivity index (χ0) is 13.7. The summed E-state index contributed by atoms with van der Waals surface area (Å²) in [4.78, 5) is 12.1. The Kier molecular flexibility index (Phi) is 4.96. The highest BCUT2D eigenvalue weighted by atomic mass is 32.2. The predicted molar refractivity (Wildman–Crippen MR) is 78.3 cm³/mol. The minimum atomic E-state index is 0.0712. The molecule has 0 spiro atoms. The van der Waals surface area contributed by atoms with E-state index in [2.05, 4.69) is 5.32 Å². The Morgan fingerprint density at radius 2 is 2.05 bits per heavy atom. The topological polar surface area (TPSA) is 47.6 Å². The molecule has 1 aliphatic rings. The molecule has 1 unspecified atom stereocenters. The van der Waals surface area contributed by atoms with Crippen molar-refractivity contribution < 1.29 is 14.3 Å². The molecule has 0 bridgehead atoms. The molecule has 5 heteroatoms. The average Bonchev–Trinajstić information content (AvgIpc) is 2.48. The molecular weight excluding hydrogens is 262 g/mol. The molecule has 1 fully saturated rings. The van der Waals surface area contributed by atoms with Crippen LogP contribution in [0, 0.1) is 0 Å². The number of anilines is 1. The third kappa shape index (κ3) is 3.56. The number of hydrogen-bond acceptors (Lipinski definition) is 4. The normalized spacial score (nSPS) is 18.7. The summed E-state index contributed by atoms with van der Waals surface area (Å²) in [5.41, 5.74) is 0.744. The van der Waals surface area contributed by atoms with Gasteiger partial charge in [-0.25, -0.2) is 0 Å². The summed E-state index contributed by atoms with van der Waals surface area (Å²) in [5, 5.41) is 3.01. The van der Waals surface area contributed by atoms with Crippen molar-refractivity contribution in [3.8, 4) is 11.5 Å². The van der Waals surface area contributed by atoms with Crippen molar-refractivity contribution >= 4 is 23.4 Å². The van der Waals surface area contributed by atoms with Gasteiger partial charge in [0.05, 0.1) is 19.5 Å². The van der Waals surface area contributed by atoms with E-state index in [-0.39, 0.29) is 11.2 Å². The highest BCUT2D eigenvalue weighted by molar-refractivity contribution is 8.00. The third-order valence-electron chi connectivity index (χ3n) is 3.12. The van der Waals surface area contributed by atoms with Gasteiger partial charge in [0.25, 0.3) is 0 Å². The van der Waals surface area contributed by atoms with Crippen LogP contribution >= 0.6 is 11.8 Å². The highest BCUT2D eigenvalue weighted by Gasteiger charge is 2.21. The van der Waals surface area contributed by atoms with Gasteiger partial charge in [0.15, 0.2) is 11.5 Å². The van der Waals surface area contributed by atoms with Gasteiger partial charge in [0.2, 0.25) is 5.91 Å². The maximum Gasteiger partial charge on any atom is 0.237 e. The second kappa shape index (κ2) is 6.70. The Balaban J connectivity index is 2.03. The van der Waals surface area contributed by atoms with Gasteiger partial charge in [-0.3, -0.25) is 4.79 Å². The van der Waals surface area contributed by atoms with Crippen LogP contribution < -0.4 is 14.8 Å². The number of nitrogens with one attached hydrogen (secondary N) is 1. The highest BCUT2D eigenvalue weighted by Crippen LogP contribution is 2.31. The van der Waals surface area contributed by atoms with Crippen molar-refractivity contribution in [2.45, 2.75) is 24.5 Å². The van der Waals surface area contributed by atoms with Gasteiger partial charge in [0.1, 0.15) is 0 Å². The van der Waals surface area contributed by atoms with Crippen molar-refractivity contribution in [2.24, 2.45) is 0 Å². The molecule has 0 aliphatic carbocycles. The number of amides is 1. The van der Waals surface area contributed by atoms with Crippen LogP contribution in [0.15, 0.2) is 18.2 Å². The number of ether oxygens (including phenoxy) is 2. The Morgan fingerprint density at radius 1 is 1.26 bits per heavy atom. The Hall–Kier alpha value is -1.36. The van der Waals surface area contributed by atoms with Crippen LogP contribution in [0.1, 0.15) is 19.3 Å². The molecule has 0 radical (unpaired) electrons. The van der Waals surface area contributed by atoms with Crippen molar-refractivity contribution in [1.29, 1.82) is 0 Å². The average molecular weight is 281 g/mol. The number of carbonyl (C=O) groups excluding carboxylic acids is 1. The first kappa shape index (κ1) is 14.1. The van der Waals surface area contributed by atoms with Gasteiger partial charge < -0.3 is 14.8 Å². The largest absolute Gasteiger partial charge is 0.493 e. The standard InChI is InChI=1S/C14H19NO3S/c1-17-11-7-6-10(9-12(11)18-2)15-14(16)13-5-3-4-8-19-13/h6-7,9,13H,3-5,8H2,1-2H3,(H,15,16). The number of hydrogen-bond donors (Lipinski definition) is 1. The van der Waals surface area contributed by atoms with E-state index in [9.17, 15) is 4.79 Å². The predicted octanol–water partition coefficient (Wildman–Crippen LogP) is 2.93. The van der Waals surface area contributed by atoms with Crippen molar-refractivity contribution in [3.63, 3.8) is 0 Å².